The standard InChI is InChI=1S/C12H27NO2/c1-4-12(13-5-2)8-7-9-15-11-10-14-6-3/h12-13H,4-11H2,1-3H3. The van der Waals surface area contributed by atoms with Gasteiger partial charge in [0.2, 0.25) is 0 Å². The Hall–Kier alpha value is -0.120. The average Bonchev–Trinajstić information content (AvgIpc) is 2.26. The number of nitrogens with one attached hydrogen (secondary N) is 1. The summed E-state index contributed by atoms with van der Waals surface area (Å²) in [6.45, 7) is 10.5. The number of hydrogen-bond acceptors (Lipinski definition) is 3. The van der Waals surface area contributed by atoms with Crippen molar-refractivity contribution in [1.29, 1.82) is 0 Å². The van der Waals surface area contributed by atoms with Crippen LogP contribution in [0.2, 0.25) is 0 Å². The van der Waals surface area contributed by atoms with Crippen molar-refractivity contribution < 1.29 is 9.47 Å². The largest absolute Gasteiger partial charge is 0.379 e. The Bertz CT molecular complexity index is 120. The molecule has 0 rings (SSSR count). The Morgan fingerprint density at radius 1 is 1.00 bits per heavy atom. The smallest absolute Gasteiger partial charge is 0.0700 e. The van der Waals surface area contributed by atoms with Crippen molar-refractivity contribution in [2.45, 2.75) is 46.1 Å². The lowest BCUT2D eigenvalue weighted by Crippen LogP contribution is -2.28. The van der Waals surface area contributed by atoms with E-state index in [2.05, 4.69) is 19.2 Å². The fourth-order valence-electron chi connectivity index (χ4n) is 1.54. The molecule has 0 fully saturated rings. The molecule has 92 valence electrons. The topological polar surface area (TPSA) is 30.5 Å². The molecule has 1 N–H and O–H groups in total. The first-order valence-corrected chi connectivity index (χ1v) is 6.23. The molecular formula is C12H27NO2. The van der Waals surface area contributed by atoms with Crippen molar-refractivity contribution in [3.8, 4) is 0 Å². The van der Waals surface area contributed by atoms with Crippen LogP contribution in [0.15, 0.2) is 0 Å². The first kappa shape index (κ1) is 14.9. The summed E-state index contributed by atoms with van der Waals surface area (Å²) in [5.41, 5.74) is 0. The summed E-state index contributed by atoms with van der Waals surface area (Å²) in [5, 5.41) is 3.46. The van der Waals surface area contributed by atoms with E-state index in [4.69, 9.17) is 9.47 Å². The van der Waals surface area contributed by atoms with Crippen LogP contribution in [0.25, 0.3) is 0 Å². The summed E-state index contributed by atoms with van der Waals surface area (Å²) in [7, 11) is 0. The third-order valence-electron chi connectivity index (χ3n) is 2.40. The molecule has 15 heavy (non-hydrogen) atoms. The van der Waals surface area contributed by atoms with Gasteiger partial charge >= 0.3 is 0 Å². The summed E-state index contributed by atoms with van der Waals surface area (Å²) in [6, 6.07) is 0.658. The normalized spacial score (nSPS) is 13.0. The molecule has 3 heteroatoms. The lowest BCUT2D eigenvalue weighted by atomic mass is 10.1. The Morgan fingerprint density at radius 2 is 1.73 bits per heavy atom. The Labute approximate surface area is 94.5 Å². The highest BCUT2D eigenvalue weighted by Crippen LogP contribution is 2.01. The quantitative estimate of drug-likeness (QED) is 0.538. The fraction of sp³-hybridized carbons (Fsp3) is 1.00. The molecule has 0 radical (unpaired) electrons. The molecule has 0 saturated carbocycles. The molecule has 0 aromatic heterocycles. The fourth-order valence-corrected chi connectivity index (χ4v) is 1.54. The summed E-state index contributed by atoms with van der Waals surface area (Å²) >= 11 is 0. The predicted octanol–water partition coefficient (Wildman–Crippen LogP) is 2.21. The van der Waals surface area contributed by atoms with E-state index in [-0.39, 0.29) is 0 Å². The van der Waals surface area contributed by atoms with Gasteiger partial charge in [-0.15, -0.1) is 0 Å². The predicted molar refractivity (Wildman–Crippen MR) is 64.3 cm³/mol. The lowest BCUT2D eigenvalue weighted by molar-refractivity contribution is 0.0507. The van der Waals surface area contributed by atoms with Crippen molar-refractivity contribution in [2.24, 2.45) is 0 Å². The first-order chi connectivity index (χ1) is 7.35. The molecule has 0 aliphatic heterocycles. The van der Waals surface area contributed by atoms with E-state index in [9.17, 15) is 0 Å². The molecule has 0 amide bonds. The summed E-state index contributed by atoms with van der Waals surface area (Å²) < 4.78 is 10.6. The average molecular weight is 217 g/mol. The lowest BCUT2D eigenvalue weighted by Gasteiger charge is -2.15. The van der Waals surface area contributed by atoms with Crippen molar-refractivity contribution >= 4 is 0 Å². The molecule has 0 spiro atoms. The van der Waals surface area contributed by atoms with E-state index in [0.29, 0.717) is 6.04 Å². The van der Waals surface area contributed by atoms with Crippen molar-refractivity contribution in [3.63, 3.8) is 0 Å². The van der Waals surface area contributed by atoms with Crippen LogP contribution in [-0.2, 0) is 9.47 Å². The number of ether oxygens (including phenoxy) is 2. The monoisotopic (exact) mass is 217 g/mol. The molecule has 0 aromatic carbocycles. The molecule has 0 aromatic rings. The van der Waals surface area contributed by atoms with Gasteiger partial charge in [-0.3, -0.25) is 0 Å². The number of hydrogen-bond donors (Lipinski definition) is 1. The van der Waals surface area contributed by atoms with Crippen LogP contribution in [0.5, 0.6) is 0 Å². The zero-order valence-electron chi connectivity index (χ0n) is 10.6. The highest BCUT2D eigenvalue weighted by molar-refractivity contribution is 4.62. The van der Waals surface area contributed by atoms with Crippen LogP contribution in [0.1, 0.15) is 40.0 Å². The van der Waals surface area contributed by atoms with E-state index in [1.807, 2.05) is 6.92 Å². The van der Waals surface area contributed by atoms with Crippen molar-refractivity contribution in [2.75, 3.05) is 33.0 Å². The van der Waals surface area contributed by atoms with E-state index >= 15 is 0 Å². The summed E-state index contributed by atoms with van der Waals surface area (Å²) in [4.78, 5) is 0. The van der Waals surface area contributed by atoms with Gasteiger partial charge in [0.15, 0.2) is 0 Å². The van der Waals surface area contributed by atoms with Gasteiger partial charge in [-0.05, 0) is 32.7 Å². The van der Waals surface area contributed by atoms with Gasteiger partial charge in [-0.1, -0.05) is 13.8 Å². The molecule has 0 bridgehead atoms. The van der Waals surface area contributed by atoms with Crippen LogP contribution in [0.4, 0.5) is 0 Å². The minimum atomic E-state index is 0.658. The van der Waals surface area contributed by atoms with Gasteiger partial charge in [0, 0.05) is 19.3 Å². The number of rotatable bonds is 11. The second-order valence-corrected chi connectivity index (χ2v) is 3.61. The van der Waals surface area contributed by atoms with Crippen LogP contribution < -0.4 is 5.32 Å². The third-order valence-corrected chi connectivity index (χ3v) is 2.40. The first-order valence-electron chi connectivity index (χ1n) is 6.23. The van der Waals surface area contributed by atoms with Crippen LogP contribution in [-0.4, -0.2) is 39.0 Å². The Morgan fingerprint density at radius 3 is 2.33 bits per heavy atom. The molecule has 0 heterocycles. The van der Waals surface area contributed by atoms with Crippen molar-refractivity contribution in [3.05, 3.63) is 0 Å². The summed E-state index contributed by atoms with van der Waals surface area (Å²) in [5.74, 6) is 0. The molecule has 0 saturated heterocycles. The van der Waals surface area contributed by atoms with E-state index in [1.54, 1.807) is 0 Å². The van der Waals surface area contributed by atoms with E-state index in [1.165, 1.54) is 12.8 Å². The van der Waals surface area contributed by atoms with Crippen molar-refractivity contribution in [1.82, 2.24) is 5.32 Å². The van der Waals surface area contributed by atoms with E-state index in [0.717, 1.165) is 39.4 Å². The highest BCUT2D eigenvalue weighted by atomic mass is 16.5. The zero-order valence-corrected chi connectivity index (χ0v) is 10.6. The zero-order chi connectivity index (χ0) is 11.4. The maximum Gasteiger partial charge on any atom is 0.0700 e. The third kappa shape index (κ3) is 10.2. The van der Waals surface area contributed by atoms with Gasteiger partial charge in [0.1, 0.15) is 0 Å². The second-order valence-electron chi connectivity index (χ2n) is 3.61. The Kier molecular flexibility index (Phi) is 11.9. The summed E-state index contributed by atoms with van der Waals surface area (Å²) in [6.07, 6.45) is 3.55. The molecule has 1 unspecified atom stereocenters. The molecule has 0 aliphatic rings. The van der Waals surface area contributed by atoms with E-state index < -0.39 is 0 Å². The van der Waals surface area contributed by atoms with Crippen LogP contribution in [0, 0.1) is 0 Å². The maximum atomic E-state index is 5.46. The van der Waals surface area contributed by atoms with Gasteiger partial charge in [-0.2, -0.15) is 0 Å². The van der Waals surface area contributed by atoms with Gasteiger partial charge in [-0.25, -0.2) is 0 Å². The molecule has 3 nitrogen and oxygen atoms in total. The maximum absolute atomic E-state index is 5.46. The van der Waals surface area contributed by atoms with Crippen LogP contribution in [0.3, 0.4) is 0 Å². The van der Waals surface area contributed by atoms with Gasteiger partial charge in [0.05, 0.1) is 13.2 Å². The van der Waals surface area contributed by atoms with Gasteiger partial charge in [0.25, 0.3) is 0 Å². The Balaban J connectivity index is 3.14. The molecular weight excluding hydrogens is 190 g/mol. The highest BCUT2D eigenvalue weighted by Gasteiger charge is 2.02. The minimum absolute atomic E-state index is 0.658. The SMILES string of the molecule is CCNC(CC)CCCOCCOCC. The minimum Gasteiger partial charge on any atom is -0.379 e. The molecule has 1 atom stereocenters. The second kappa shape index (κ2) is 12.0. The molecule has 0 aliphatic carbocycles. The van der Waals surface area contributed by atoms with Crippen LogP contribution >= 0.6 is 0 Å². The van der Waals surface area contributed by atoms with Gasteiger partial charge < -0.3 is 14.8 Å².